The highest BCUT2D eigenvalue weighted by Gasteiger charge is 2.27. The average molecular weight is 544 g/mol. The number of hydrogen-bond donors (Lipinski definition) is 1. The van der Waals surface area contributed by atoms with E-state index in [1.165, 1.54) is 16.4 Å². The van der Waals surface area contributed by atoms with E-state index in [-0.39, 0.29) is 4.90 Å². The number of carbonyl (C=O) groups is 1. The summed E-state index contributed by atoms with van der Waals surface area (Å²) in [7, 11) is 1.68. The van der Waals surface area contributed by atoms with Gasteiger partial charge in [-0.1, -0.05) is 6.92 Å². The number of methoxy groups -OCH3 is 1. The highest BCUT2D eigenvalue weighted by atomic mass is 32.2. The molecule has 0 bridgehead atoms. The van der Waals surface area contributed by atoms with Crippen LogP contribution in [0.3, 0.4) is 0 Å². The zero-order valence-corrected chi connectivity index (χ0v) is 22.8. The molecule has 2 heterocycles. The molecular formula is C26H33N5O6S. The van der Waals surface area contributed by atoms with Crippen molar-refractivity contribution in [2.24, 2.45) is 7.05 Å². The molecule has 38 heavy (non-hydrogen) atoms. The maximum atomic E-state index is 13.0. The van der Waals surface area contributed by atoms with Gasteiger partial charge in [0.25, 0.3) is 5.91 Å². The Morgan fingerprint density at radius 2 is 1.68 bits per heavy atom. The Morgan fingerprint density at radius 3 is 2.29 bits per heavy atom. The van der Waals surface area contributed by atoms with Crippen LogP contribution in [-0.2, 0) is 21.8 Å². The number of sulfonamides is 1. The molecule has 11 nitrogen and oxygen atoms in total. The molecule has 2 aromatic carbocycles. The number of ether oxygens (including phenoxy) is 3. The Balaban J connectivity index is 1.55. The lowest BCUT2D eigenvalue weighted by Crippen LogP contribution is -2.46. The van der Waals surface area contributed by atoms with Gasteiger partial charge in [-0.15, -0.1) is 0 Å². The van der Waals surface area contributed by atoms with Crippen LogP contribution in [0.2, 0.25) is 0 Å². The van der Waals surface area contributed by atoms with E-state index in [2.05, 4.69) is 15.3 Å². The molecule has 1 amide bonds. The maximum Gasteiger partial charge on any atom is 0.257 e. The molecular weight excluding hydrogens is 510 g/mol. The lowest BCUT2D eigenvalue weighted by Gasteiger charge is -2.31. The van der Waals surface area contributed by atoms with Crippen LogP contribution >= 0.6 is 0 Å². The Bertz CT molecular complexity index is 1350. The molecule has 1 aliphatic heterocycles. The van der Waals surface area contributed by atoms with Crippen molar-refractivity contribution in [3.63, 3.8) is 0 Å². The fourth-order valence-electron chi connectivity index (χ4n) is 3.94. The molecule has 1 unspecified atom stereocenters. The van der Waals surface area contributed by atoms with Crippen LogP contribution in [-0.4, -0.2) is 79.9 Å². The number of piperazine rings is 1. The van der Waals surface area contributed by atoms with E-state index in [4.69, 9.17) is 14.2 Å². The fraction of sp³-hybridized carbons (Fsp3) is 0.385. The number of amides is 1. The van der Waals surface area contributed by atoms with Gasteiger partial charge in [-0.25, -0.2) is 8.42 Å². The van der Waals surface area contributed by atoms with Crippen LogP contribution in [0.5, 0.6) is 17.2 Å². The number of likely N-dealkylation sites (N-methyl/N-ethyl adjacent to an activating group) is 1. The van der Waals surface area contributed by atoms with Gasteiger partial charge in [-0.05, 0) is 43.4 Å². The zero-order chi connectivity index (χ0) is 27.3. The summed E-state index contributed by atoms with van der Waals surface area (Å²) in [6, 6.07) is 12.7. The van der Waals surface area contributed by atoms with Gasteiger partial charge in [0.05, 0.1) is 4.90 Å². The number of benzene rings is 2. The van der Waals surface area contributed by atoms with Crippen molar-refractivity contribution in [1.29, 1.82) is 0 Å². The second-order valence-electron chi connectivity index (χ2n) is 8.99. The fourth-order valence-corrected chi connectivity index (χ4v) is 5.37. The van der Waals surface area contributed by atoms with Crippen molar-refractivity contribution in [2.75, 3.05) is 45.7 Å². The largest absolute Gasteiger partial charge is 0.465 e. The van der Waals surface area contributed by atoms with Crippen molar-refractivity contribution >= 4 is 21.7 Å². The molecule has 1 saturated heterocycles. The van der Waals surface area contributed by atoms with Crippen molar-refractivity contribution < 1.29 is 27.4 Å². The minimum Gasteiger partial charge on any atom is -0.465 e. The number of aryl methyl sites for hydroxylation is 1. The summed E-state index contributed by atoms with van der Waals surface area (Å²) in [6.45, 7) is 4.20. The molecule has 3 aromatic rings. The van der Waals surface area contributed by atoms with Crippen molar-refractivity contribution in [2.45, 2.75) is 24.5 Å². The molecule has 0 aliphatic carbocycles. The Hall–Kier alpha value is -3.45. The second kappa shape index (κ2) is 11.9. The third kappa shape index (κ3) is 6.70. The van der Waals surface area contributed by atoms with E-state index >= 15 is 0 Å². The molecule has 0 radical (unpaired) electrons. The van der Waals surface area contributed by atoms with E-state index in [0.717, 1.165) is 0 Å². The van der Waals surface area contributed by atoms with Crippen LogP contribution in [0.1, 0.15) is 23.7 Å². The zero-order valence-electron chi connectivity index (χ0n) is 22.0. The average Bonchev–Trinajstić information content (AvgIpc) is 3.32. The molecule has 204 valence electrons. The monoisotopic (exact) mass is 543 g/mol. The molecule has 1 fully saturated rings. The third-order valence-corrected chi connectivity index (χ3v) is 8.03. The summed E-state index contributed by atoms with van der Waals surface area (Å²) in [5.74, 6) is 1.16. The predicted molar refractivity (Wildman–Crippen MR) is 142 cm³/mol. The number of nitrogens with one attached hydrogen (secondary N) is 1. The van der Waals surface area contributed by atoms with Gasteiger partial charge >= 0.3 is 0 Å². The molecule has 12 heteroatoms. The van der Waals surface area contributed by atoms with E-state index in [1.807, 2.05) is 14.0 Å². The highest BCUT2D eigenvalue weighted by molar-refractivity contribution is 7.89. The molecule has 4 rings (SSSR count). The lowest BCUT2D eigenvalue weighted by molar-refractivity contribution is -0.0549. The second-order valence-corrected chi connectivity index (χ2v) is 10.9. The summed E-state index contributed by atoms with van der Waals surface area (Å²) in [5, 5.41) is 6.93. The summed E-state index contributed by atoms with van der Waals surface area (Å²) in [6.07, 6.45) is 1.82. The van der Waals surface area contributed by atoms with E-state index in [9.17, 15) is 13.2 Å². The van der Waals surface area contributed by atoms with Crippen LogP contribution in [0.15, 0.2) is 59.6 Å². The molecule has 1 aliphatic rings. The van der Waals surface area contributed by atoms with E-state index in [1.54, 1.807) is 61.4 Å². The van der Waals surface area contributed by atoms with Gasteiger partial charge in [0.2, 0.25) is 10.0 Å². The Kier molecular flexibility index (Phi) is 8.67. The van der Waals surface area contributed by atoms with Crippen molar-refractivity contribution in [3.05, 3.63) is 60.3 Å². The minimum atomic E-state index is -3.59. The number of rotatable bonds is 10. The first-order valence-corrected chi connectivity index (χ1v) is 13.7. The smallest absolute Gasteiger partial charge is 0.257 e. The number of aromatic nitrogens is 2. The van der Waals surface area contributed by atoms with Gasteiger partial charge in [-0.3, -0.25) is 9.48 Å². The van der Waals surface area contributed by atoms with Crippen LogP contribution in [0.4, 0.5) is 5.82 Å². The molecule has 0 saturated carbocycles. The molecule has 1 N–H and O–H groups in total. The maximum absolute atomic E-state index is 13.0. The standard InChI is InChI=1S/C26H33N5O6S/c1-5-25(35-4)37-22-17-19(26(32)27-24-10-11-30(3)28-24)16-21(18-22)36-20-6-8-23(9-7-20)38(33,34)31-14-12-29(2)13-15-31/h6-11,16-18,25H,5,12-15H2,1-4H3,(H,27,28,32). The van der Waals surface area contributed by atoms with Crippen LogP contribution in [0.25, 0.3) is 0 Å². The minimum absolute atomic E-state index is 0.202. The van der Waals surface area contributed by atoms with Crippen molar-refractivity contribution in [1.82, 2.24) is 19.0 Å². The van der Waals surface area contributed by atoms with Gasteiger partial charge in [-0.2, -0.15) is 9.40 Å². The van der Waals surface area contributed by atoms with Gasteiger partial charge in [0.15, 0.2) is 12.1 Å². The summed E-state index contributed by atoms with van der Waals surface area (Å²) < 4.78 is 46.3. The van der Waals surface area contributed by atoms with Gasteiger partial charge in [0, 0.05) is 70.7 Å². The quantitative estimate of drug-likeness (QED) is 0.388. The van der Waals surface area contributed by atoms with E-state index in [0.29, 0.717) is 61.2 Å². The Labute approximate surface area is 222 Å². The van der Waals surface area contributed by atoms with Gasteiger partial charge < -0.3 is 24.4 Å². The first-order valence-electron chi connectivity index (χ1n) is 12.3. The number of carbonyl (C=O) groups excluding carboxylic acids is 1. The van der Waals surface area contributed by atoms with Crippen LogP contribution in [0, 0.1) is 0 Å². The third-order valence-electron chi connectivity index (χ3n) is 6.12. The topological polar surface area (TPSA) is 115 Å². The van der Waals surface area contributed by atoms with E-state index < -0.39 is 22.2 Å². The summed E-state index contributed by atoms with van der Waals surface area (Å²) >= 11 is 0. The SMILES string of the molecule is CCC(OC)Oc1cc(Oc2ccc(S(=O)(=O)N3CCN(C)CC3)cc2)cc(C(=O)Nc2ccn(C)n2)c1. The number of hydrogen-bond acceptors (Lipinski definition) is 8. The molecule has 1 atom stereocenters. The summed E-state index contributed by atoms with van der Waals surface area (Å²) in [5.41, 5.74) is 0.295. The van der Waals surface area contributed by atoms with Gasteiger partial charge in [0.1, 0.15) is 17.2 Å². The normalized spacial score (nSPS) is 15.7. The van der Waals surface area contributed by atoms with Crippen molar-refractivity contribution in [3.8, 4) is 17.2 Å². The predicted octanol–water partition coefficient (Wildman–Crippen LogP) is 3.16. The Morgan fingerprint density at radius 1 is 1.00 bits per heavy atom. The molecule has 1 aromatic heterocycles. The summed E-state index contributed by atoms with van der Waals surface area (Å²) in [4.78, 5) is 15.3. The first-order chi connectivity index (χ1) is 18.2. The number of anilines is 1. The highest BCUT2D eigenvalue weighted by Crippen LogP contribution is 2.30. The number of nitrogens with zero attached hydrogens (tertiary/aromatic N) is 4. The van der Waals surface area contributed by atoms with Crippen LogP contribution < -0.4 is 14.8 Å². The molecule has 0 spiro atoms. The lowest BCUT2D eigenvalue weighted by atomic mass is 10.2. The first kappa shape index (κ1) is 27.6.